The summed E-state index contributed by atoms with van der Waals surface area (Å²) in [5.74, 6) is -2.94. The lowest BCUT2D eigenvalue weighted by molar-refractivity contribution is -0.147. The van der Waals surface area contributed by atoms with Gasteiger partial charge in [0.05, 0.1) is 12.4 Å². The first-order valence-corrected chi connectivity index (χ1v) is 12.3. The number of nitrogens with zero attached hydrogens (tertiary/aromatic N) is 2. The van der Waals surface area contributed by atoms with Crippen molar-refractivity contribution < 1.29 is 24.3 Å². The van der Waals surface area contributed by atoms with E-state index in [0.29, 0.717) is 5.69 Å². The van der Waals surface area contributed by atoms with Crippen molar-refractivity contribution in [2.24, 2.45) is 11.7 Å². The molecular weight excluding hydrogens is 484 g/mol. The van der Waals surface area contributed by atoms with E-state index in [2.05, 4.69) is 33.2 Å². The zero-order chi connectivity index (χ0) is 26.4. The maximum absolute atomic E-state index is 13.7. The first kappa shape index (κ1) is 27.2. The number of nitrogens with two attached hydrogens (primary N) is 1. The average Bonchev–Trinajstić information content (AvgIpc) is 3.37. The van der Waals surface area contributed by atoms with Gasteiger partial charge in [0.1, 0.15) is 18.1 Å². The van der Waals surface area contributed by atoms with Crippen LogP contribution in [-0.2, 0) is 38.6 Å². The Morgan fingerprint density at radius 1 is 1.22 bits per heavy atom. The number of amides is 3. The van der Waals surface area contributed by atoms with Crippen LogP contribution in [-0.4, -0.2) is 73.6 Å². The van der Waals surface area contributed by atoms with Crippen LogP contribution in [0.15, 0.2) is 36.8 Å². The number of carboxylic acid groups (broad SMARTS) is 1. The summed E-state index contributed by atoms with van der Waals surface area (Å²) in [5.41, 5.74) is 8.10. The van der Waals surface area contributed by atoms with E-state index in [4.69, 9.17) is 5.73 Å². The first-order valence-electron chi connectivity index (χ1n) is 11.7. The van der Waals surface area contributed by atoms with Gasteiger partial charge in [0, 0.05) is 37.0 Å². The number of carboxylic acids is 1. The molecule has 6 N–H and O–H groups in total. The Morgan fingerprint density at radius 3 is 2.50 bits per heavy atom. The number of rotatable bonds is 10. The Hall–Kier alpha value is -3.38. The number of carbonyl (C=O) groups excluding carboxylic acids is 3. The lowest BCUT2D eigenvalue weighted by Gasteiger charge is -2.39. The topological polar surface area (TPSA) is 171 Å². The smallest absolute Gasteiger partial charge is 0.326 e. The van der Waals surface area contributed by atoms with Gasteiger partial charge in [-0.2, -0.15) is 12.6 Å². The van der Waals surface area contributed by atoms with Crippen LogP contribution in [0.3, 0.4) is 0 Å². The van der Waals surface area contributed by atoms with Crippen LogP contribution in [0.2, 0.25) is 0 Å². The summed E-state index contributed by atoms with van der Waals surface area (Å²) in [7, 11) is 0. The van der Waals surface area contributed by atoms with Crippen LogP contribution < -0.4 is 16.4 Å². The third-order valence-electron chi connectivity index (χ3n) is 6.19. The zero-order valence-electron chi connectivity index (χ0n) is 20.2. The minimum Gasteiger partial charge on any atom is -0.480 e. The van der Waals surface area contributed by atoms with Crippen molar-refractivity contribution in [3.05, 3.63) is 53.6 Å². The molecule has 1 aromatic heterocycles. The number of aromatic nitrogens is 2. The molecule has 4 atom stereocenters. The summed E-state index contributed by atoms with van der Waals surface area (Å²) < 4.78 is 0. The Labute approximate surface area is 214 Å². The molecule has 0 aliphatic carbocycles. The third kappa shape index (κ3) is 6.43. The minimum atomic E-state index is -1.22. The summed E-state index contributed by atoms with van der Waals surface area (Å²) in [6, 6.07) is 3.45. The molecule has 11 nitrogen and oxygen atoms in total. The predicted octanol–water partition coefficient (Wildman–Crippen LogP) is -0.127. The van der Waals surface area contributed by atoms with Crippen LogP contribution in [0, 0.1) is 5.92 Å². The van der Waals surface area contributed by atoms with E-state index in [1.807, 2.05) is 24.3 Å². The highest BCUT2D eigenvalue weighted by molar-refractivity contribution is 7.80. The number of aliphatic carboxylic acids is 1. The Morgan fingerprint density at radius 2 is 1.92 bits per heavy atom. The Balaban J connectivity index is 1.88. The number of benzene rings is 1. The summed E-state index contributed by atoms with van der Waals surface area (Å²) in [4.78, 5) is 59.6. The molecule has 0 spiro atoms. The molecule has 0 saturated heterocycles. The van der Waals surface area contributed by atoms with Gasteiger partial charge in [-0.3, -0.25) is 14.4 Å². The second-order valence-electron chi connectivity index (χ2n) is 9.15. The highest BCUT2D eigenvalue weighted by atomic mass is 32.1. The van der Waals surface area contributed by atoms with Crippen molar-refractivity contribution in [1.82, 2.24) is 25.5 Å². The molecule has 0 radical (unpaired) electrons. The monoisotopic (exact) mass is 516 g/mol. The molecule has 194 valence electrons. The number of thiol groups is 1. The maximum Gasteiger partial charge on any atom is 0.326 e. The van der Waals surface area contributed by atoms with E-state index in [1.54, 1.807) is 13.8 Å². The van der Waals surface area contributed by atoms with E-state index in [0.717, 1.165) is 11.1 Å². The van der Waals surface area contributed by atoms with Crippen LogP contribution in [0.4, 0.5) is 0 Å². The summed E-state index contributed by atoms with van der Waals surface area (Å²) in [5, 5.41) is 15.0. The van der Waals surface area contributed by atoms with Crippen molar-refractivity contribution in [2.75, 3.05) is 5.75 Å². The van der Waals surface area contributed by atoms with E-state index >= 15 is 0 Å². The SMILES string of the molecule is CC(C)[C@H](NC(=O)[C@@H](N)CS)C(=O)N1Cc2ccccc2CC1C(=O)N[C@H](Cc1cnc[nH]1)C(=O)O. The fourth-order valence-electron chi connectivity index (χ4n) is 4.11. The van der Waals surface area contributed by atoms with Crippen molar-refractivity contribution in [2.45, 2.75) is 57.4 Å². The highest BCUT2D eigenvalue weighted by Crippen LogP contribution is 2.25. The average molecular weight is 517 g/mol. The summed E-state index contributed by atoms with van der Waals surface area (Å²) in [6.45, 7) is 3.71. The van der Waals surface area contributed by atoms with E-state index in [-0.39, 0.29) is 31.1 Å². The summed E-state index contributed by atoms with van der Waals surface area (Å²) >= 11 is 4.05. The molecule has 2 heterocycles. The molecule has 0 bridgehead atoms. The van der Waals surface area contributed by atoms with Gasteiger partial charge in [-0.15, -0.1) is 0 Å². The van der Waals surface area contributed by atoms with Gasteiger partial charge < -0.3 is 31.4 Å². The minimum absolute atomic E-state index is 0.00458. The van der Waals surface area contributed by atoms with Crippen LogP contribution >= 0.6 is 12.6 Å². The molecule has 0 saturated carbocycles. The van der Waals surface area contributed by atoms with E-state index in [9.17, 15) is 24.3 Å². The third-order valence-corrected chi connectivity index (χ3v) is 6.59. The highest BCUT2D eigenvalue weighted by Gasteiger charge is 2.40. The lowest BCUT2D eigenvalue weighted by Crippen LogP contribution is -2.61. The van der Waals surface area contributed by atoms with Crippen molar-refractivity contribution in [3.63, 3.8) is 0 Å². The maximum atomic E-state index is 13.7. The molecule has 2 aromatic rings. The fourth-order valence-corrected chi connectivity index (χ4v) is 4.27. The molecule has 1 aliphatic heterocycles. The lowest BCUT2D eigenvalue weighted by atomic mass is 9.91. The second-order valence-corrected chi connectivity index (χ2v) is 9.52. The van der Waals surface area contributed by atoms with Gasteiger partial charge in [0.2, 0.25) is 17.7 Å². The van der Waals surface area contributed by atoms with Crippen molar-refractivity contribution in [1.29, 1.82) is 0 Å². The van der Waals surface area contributed by atoms with Gasteiger partial charge in [-0.25, -0.2) is 9.78 Å². The summed E-state index contributed by atoms with van der Waals surface area (Å²) in [6.07, 6.45) is 3.12. The number of nitrogens with one attached hydrogen (secondary N) is 3. The molecule has 3 rings (SSSR count). The quantitative estimate of drug-likeness (QED) is 0.239. The standard InChI is InChI=1S/C24H32N6O5S/c1-13(2)20(29-21(31)17(25)11-36)23(33)30-10-15-6-4-3-5-14(15)7-19(30)22(32)28-18(24(34)35)8-16-9-26-12-27-16/h3-6,9,12-13,17-20,36H,7-8,10-11,25H2,1-2H3,(H,26,27)(H,28,32)(H,29,31)(H,34,35)/t17-,18+,19?,20-/m0/s1. The normalized spacial score (nSPS) is 17.6. The van der Waals surface area contributed by atoms with Gasteiger partial charge in [-0.05, 0) is 17.0 Å². The molecule has 1 aromatic carbocycles. The Bertz CT molecular complexity index is 1090. The molecule has 1 unspecified atom stereocenters. The van der Waals surface area contributed by atoms with Crippen LogP contribution in [0.25, 0.3) is 0 Å². The van der Waals surface area contributed by atoms with Gasteiger partial charge in [0.25, 0.3) is 0 Å². The molecule has 36 heavy (non-hydrogen) atoms. The number of fused-ring (bicyclic) bond motifs is 1. The molecular formula is C24H32N6O5S. The number of imidazole rings is 1. The van der Waals surface area contributed by atoms with Crippen molar-refractivity contribution >= 4 is 36.3 Å². The molecule has 12 heteroatoms. The molecule has 3 amide bonds. The van der Waals surface area contributed by atoms with Crippen molar-refractivity contribution in [3.8, 4) is 0 Å². The van der Waals surface area contributed by atoms with E-state index in [1.165, 1.54) is 17.4 Å². The fraction of sp³-hybridized carbons (Fsp3) is 0.458. The zero-order valence-corrected chi connectivity index (χ0v) is 21.1. The molecule has 0 fully saturated rings. The predicted molar refractivity (Wildman–Crippen MR) is 135 cm³/mol. The van der Waals surface area contributed by atoms with Crippen LogP contribution in [0.1, 0.15) is 30.7 Å². The number of carbonyl (C=O) groups is 4. The van der Waals surface area contributed by atoms with Gasteiger partial charge in [-0.1, -0.05) is 38.1 Å². The largest absolute Gasteiger partial charge is 0.480 e. The van der Waals surface area contributed by atoms with Crippen LogP contribution in [0.5, 0.6) is 0 Å². The van der Waals surface area contributed by atoms with Gasteiger partial charge >= 0.3 is 5.97 Å². The number of H-pyrrole nitrogens is 1. The number of aromatic amines is 1. The molecule has 1 aliphatic rings. The van der Waals surface area contributed by atoms with E-state index < -0.39 is 47.9 Å². The Kier molecular flexibility index (Phi) is 9.10. The first-order chi connectivity index (χ1) is 17.1. The number of hydrogen-bond acceptors (Lipinski definition) is 7. The number of hydrogen-bond donors (Lipinski definition) is 6. The van der Waals surface area contributed by atoms with Gasteiger partial charge in [0.15, 0.2) is 0 Å². The second kappa shape index (κ2) is 12.0.